The zero-order valence-electron chi connectivity index (χ0n) is 11.8. The molecule has 2 aromatic rings. The van der Waals surface area contributed by atoms with Gasteiger partial charge in [-0.3, -0.25) is 13.6 Å². The van der Waals surface area contributed by atoms with Crippen LogP contribution in [0.5, 0.6) is 0 Å². The van der Waals surface area contributed by atoms with Crippen molar-refractivity contribution in [3.05, 3.63) is 47.3 Å². The largest absolute Gasteiger partial charge is 0.352 e. The smallest absolute Gasteiger partial charge is 0.273 e. The van der Waals surface area contributed by atoms with E-state index in [1.54, 1.807) is 12.1 Å². The minimum atomic E-state index is -0.164. The van der Waals surface area contributed by atoms with Crippen LogP contribution in [-0.4, -0.2) is 22.3 Å². The molecular formula is C15H15N3O2S. The van der Waals surface area contributed by atoms with Gasteiger partial charge in [0.15, 0.2) is 0 Å². The van der Waals surface area contributed by atoms with Crippen LogP contribution in [0, 0.1) is 6.92 Å². The van der Waals surface area contributed by atoms with Crippen LogP contribution in [0.4, 0.5) is 5.69 Å². The van der Waals surface area contributed by atoms with E-state index in [1.165, 1.54) is 11.9 Å². The number of rotatable bonds is 2. The van der Waals surface area contributed by atoms with Crippen LogP contribution in [0.25, 0.3) is 0 Å². The lowest BCUT2D eigenvalue weighted by molar-refractivity contribution is 0.0954. The summed E-state index contributed by atoms with van der Waals surface area (Å²) >= 11 is 1.46. The number of amides is 2. The number of nitrogens with one attached hydrogen (secondary N) is 2. The summed E-state index contributed by atoms with van der Waals surface area (Å²) in [6.07, 6.45) is 1.92. The van der Waals surface area contributed by atoms with Crippen molar-refractivity contribution in [3.8, 4) is 0 Å². The summed E-state index contributed by atoms with van der Waals surface area (Å²) < 4.78 is 1.85. The van der Waals surface area contributed by atoms with Gasteiger partial charge in [0.05, 0.1) is 10.6 Å². The first-order chi connectivity index (χ1) is 10.1. The predicted octanol–water partition coefficient (Wildman–Crippen LogP) is 2.67. The molecule has 2 amide bonds. The molecule has 0 radical (unpaired) electrons. The van der Waals surface area contributed by atoms with Crippen molar-refractivity contribution in [2.75, 3.05) is 11.9 Å². The normalized spacial score (nSPS) is 13.0. The van der Waals surface area contributed by atoms with Gasteiger partial charge in [-0.25, -0.2) is 0 Å². The molecule has 1 aromatic carbocycles. The topological polar surface area (TPSA) is 63.1 Å². The van der Waals surface area contributed by atoms with Crippen LogP contribution in [0.15, 0.2) is 35.4 Å². The summed E-state index contributed by atoms with van der Waals surface area (Å²) in [5.41, 5.74) is 2.85. The Kier molecular flexibility index (Phi) is 3.47. The number of nitrogens with zero attached hydrogens (tertiary/aromatic N) is 1. The summed E-state index contributed by atoms with van der Waals surface area (Å²) in [6.45, 7) is 4.39. The molecule has 6 heteroatoms. The molecule has 2 heterocycles. The Morgan fingerprint density at radius 2 is 2.19 bits per heavy atom. The summed E-state index contributed by atoms with van der Waals surface area (Å²) in [7, 11) is 0. The van der Waals surface area contributed by atoms with Gasteiger partial charge in [-0.05, 0) is 55.6 Å². The molecule has 0 aliphatic carbocycles. The van der Waals surface area contributed by atoms with Crippen LogP contribution < -0.4 is 10.6 Å². The van der Waals surface area contributed by atoms with Crippen LogP contribution in [0.2, 0.25) is 0 Å². The van der Waals surface area contributed by atoms with Crippen LogP contribution in [-0.2, 0) is 0 Å². The molecule has 108 valence electrons. The van der Waals surface area contributed by atoms with Crippen molar-refractivity contribution in [2.45, 2.75) is 18.7 Å². The van der Waals surface area contributed by atoms with E-state index >= 15 is 0 Å². The Morgan fingerprint density at radius 3 is 2.95 bits per heavy atom. The average Bonchev–Trinajstić information content (AvgIpc) is 2.76. The second-order valence-electron chi connectivity index (χ2n) is 4.84. The van der Waals surface area contributed by atoms with Gasteiger partial charge in [-0.1, -0.05) is 0 Å². The van der Waals surface area contributed by atoms with Gasteiger partial charge < -0.3 is 10.6 Å². The number of aryl methyl sites for hydroxylation is 1. The van der Waals surface area contributed by atoms with Crippen molar-refractivity contribution in [1.29, 1.82) is 0 Å². The van der Waals surface area contributed by atoms with Crippen molar-refractivity contribution in [3.63, 3.8) is 0 Å². The number of carbonyl (C=O) groups is 2. The number of hydrogen-bond donors (Lipinski definition) is 2. The van der Waals surface area contributed by atoms with E-state index < -0.39 is 0 Å². The lowest BCUT2D eigenvalue weighted by Gasteiger charge is -2.08. The molecule has 0 unspecified atom stereocenters. The van der Waals surface area contributed by atoms with Crippen LogP contribution in [0.1, 0.15) is 33.3 Å². The zero-order valence-corrected chi connectivity index (χ0v) is 12.6. The van der Waals surface area contributed by atoms with E-state index in [1.807, 2.05) is 36.1 Å². The van der Waals surface area contributed by atoms with E-state index in [4.69, 9.17) is 0 Å². The Hall–Kier alpha value is -2.21. The lowest BCUT2D eigenvalue weighted by atomic mass is 10.2. The fraction of sp³-hybridized carbons (Fsp3) is 0.200. The summed E-state index contributed by atoms with van der Waals surface area (Å²) in [6, 6.07) is 7.18. The molecular weight excluding hydrogens is 286 g/mol. The van der Waals surface area contributed by atoms with Crippen molar-refractivity contribution >= 4 is 29.4 Å². The molecule has 0 saturated carbocycles. The molecule has 2 N–H and O–H groups in total. The number of fused-ring (bicyclic) bond motifs is 2. The van der Waals surface area contributed by atoms with E-state index in [9.17, 15) is 9.59 Å². The van der Waals surface area contributed by atoms with Gasteiger partial charge in [0.2, 0.25) is 0 Å². The summed E-state index contributed by atoms with van der Waals surface area (Å²) in [4.78, 5) is 25.0. The van der Waals surface area contributed by atoms with Crippen LogP contribution >= 0.6 is 11.9 Å². The second kappa shape index (κ2) is 5.29. The molecule has 1 aromatic heterocycles. The molecule has 0 spiro atoms. The van der Waals surface area contributed by atoms with Crippen LogP contribution in [0.3, 0.4) is 0 Å². The Bertz CT molecular complexity index is 737. The highest BCUT2D eigenvalue weighted by Crippen LogP contribution is 2.34. The molecule has 21 heavy (non-hydrogen) atoms. The van der Waals surface area contributed by atoms with Crippen molar-refractivity contribution in [1.82, 2.24) is 9.29 Å². The highest BCUT2D eigenvalue weighted by atomic mass is 32.2. The molecule has 1 aliphatic heterocycles. The van der Waals surface area contributed by atoms with Crippen molar-refractivity contribution < 1.29 is 9.59 Å². The van der Waals surface area contributed by atoms with Gasteiger partial charge in [0, 0.05) is 18.3 Å². The SMILES string of the molecule is CCNC(=O)c1ccc2c(c1)NC(=O)c1cc(C)cn1S2. The number of anilines is 1. The number of carbonyl (C=O) groups excluding carboxylic acids is 2. The molecule has 1 aliphatic rings. The number of benzene rings is 1. The first kappa shape index (κ1) is 13.8. The number of aromatic nitrogens is 1. The first-order valence-corrected chi connectivity index (χ1v) is 7.46. The zero-order chi connectivity index (χ0) is 15.0. The molecule has 0 fully saturated rings. The molecule has 0 bridgehead atoms. The van der Waals surface area contributed by atoms with Gasteiger partial charge >= 0.3 is 0 Å². The van der Waals surface area contributed by atoms with Gasteiger partial charge in [0.25, 0.3) is 11.8 Å². The fourth-order valence-electron chi connectivity index (χ4n) is 2.22. The van der Waals surface area contributed by atoms with Crippen molar-refractivity contribution in [2.24, 2.45) is 0 Å². The van der Waals surface area contributed by atoms with Gasteiger partial charge in [-0.15, -0.1) is 0 Å². The quantitative estimate of drug-likeness (QED) is 0.896. The standard InChI is InChI=1S/C15H15N3O2S/c1-3-16-14(19)10-4-5-13-11(7-10)17-15(20)12-6-9(2)8-18(12)21-13/h4-8H,3H2,1-2H3,(H,16,19)(H,17,20). The maximum absolute atomic E-state index is 12.2. The van der Waals surface area contributed by atoms with Gasteiger partial charge in [0.1, 0.15) is 5.69 Å². The predicted molar refractivity (Wildman–Crippen MR) is 82.8 cm³/mol. The van der Waals surface area contributed by atoms with E-state index in [0.29, 0.717) is 23.5 Å². The maximum Gasteiger partial charge on any atom is 0.273 e. The highest BCUT2D eigenvalue weighted by molar-refractivity contribution is 7.98. The Balaban J connectivity index is 1.99. The average molecular weight is 301 g/mol. The highest BCUT2D eigenvalue weighted by Gasteiger charge is 2.21. The molecule has 5 nitrogen and oxygen atoms in total. The maximum atomic E-state index is 12.2. The molecule has 3 rings (SSSR count). The molecule has 0 atom stereocenters. The lowest BCUT2D eigenvalue weighted by Crippen LogP contribution is -2.22. The minimum absolute atomic E-state index is 0.140. The van der Waals surface area contributed by atoms with E-state index in [-0.39, 0.29) is 11.8 Å². The third-order valence-corrected chi connectivity index (χ3v) is 4.23. The fourth-order valence-corrected chi connectivity index (χ4v) is 3.22. The van der Waals surface area contributed by atoms with Gasteiger partial charge in [-0.2, -0.15) is 0 Å². The third kappa shape index (κ3) is 2.54. The Labute approximate surface area is 126 Å². The monoisotopic (exact) mass is 301 g/mol. The number of hydrogen-bond acceptors (Lipinski definition) is 3. The summed E-state index contributed by atoms with van der Waals surface area (Å²) in [5, 5.41) is 5.62. The van der Waals surface area contributed by atoms with E-state index in [2.05, 4.69) is 10.6 Å². The Morgan fingerprint density at radius 1 is 1.38 bits per heavy atom. The van der Waals surface area contributed by atoms with E-state index in [0.717, 1.165) is 10.5 Å². The first-order valence-electron chi connectivity index (χ1n) is 6.69. The summed E-state index contributed by atoms with van der Waals surface area (Å²) in [5.74, 6) is -0.304. The molecule has 0 saturated heterocycles. The second-order valence-corrected chi connectivity index (χ2v) is 5.86. The third-order valence-electron chi connectivity index (χ3n) is 3.18. The minimum Gasteiger partial charge on any atom is -0.352 e.